The van der Waals surface area contributed by atoms with Crippen LogP contribution >= 0.6 is 0 Å². The van der Waals surface area contributed by atoms with Gasteiger partial charge in [0.25, 0.3) is 0 Å². The molecule has 1 aliphatic rings. The van der Waals surface area contributed by atoms with Crippen LogP contribution in [0.4, 0.5) is 0 Å². The number of aromatic nitrogens is 1. The van der Waals surface area contributed by atoms with Crippen molar-refractivity contribution in [2.24, 2.45) is 29.2 Å². The van der Waals surface area contributed by atoms with Crippen molar-refractivity contribution < 1.29 is 33.6 Å². The maximum absolute atomic E-state index is 14.2. The Morgan fingerprint density at radius 1 is 0.660 bits per heavy atom. The van der Waals surface area contributed by atoms with Gasteiger partial charge in [0.05, 0.1) is 6.42 Å². The van der Waals surface area contributed by atoms with Crippen molar-refractivity contribution in [3.8, 4) is 0 Å². The summed E-state index contributed by atoms with van der Waals surface area (Å²) in [5.41, 5.74) is 12.7. The molecule has 1 saturated heterocycles. The van der Waals surface area contributed by atoms with E-state index in [1.54, 1.807) is 20.0 Å². The molecule has 53 heavy (non-hydrogen) atoms. The fourth-order valence-corrected chi connectivity index (χ4v) is 6.28. The normalized spacial score (nSPS) is 24.2. The van der Waals surface area contributed by atoms with E-state index in [-0.39, 0.29) is 44.1 Å². The maximum atomic E-state index is 14.2. The summed E-state index contributed by atoms with van der Waals surface area (Å²) in [4.78, 5) is 98.5. The van der Waals surface area contributed by atoms with Gasteiger partial charge in [-0.05, 0) is 61.6 Å². The number of H-pyrrole nitrogens is 1. The number of para-hydroxylation sites is 1. The highest BCUT2D eigenvalue weighted by atomic mass is 16.2. The quantitative estimate of drug-likeness (QED) is 0.143. The topological polar surface area (TPSA) is 260 Å². The van der Waals surface area contributed by atoms with E-state index in [2.05, 4.69) is 36.9 Å². The van der Waals surface area contributed by atoms with Gasteiger partial charge in [-0.15, -0.1) is 0 Å². The number of benzene rings is 1. The van der Waals surface area contributed by atoms with Crippen LogP contribution in [0.25, 0.3) is 10.9 Å². The van der Waals surface area contributed by atoms with Crippen molar-refractivity contribution in [2.75, 3.05) is 6.54 Å². The van der Waals surface area contributed by atoms with E-state index in [4.69, 9.17) is 11.5 Å². The average molecular weight is 740 g/mol. The van der Waals surface area contributed by atoms with Gasteiger partial charge in [-0.2, -0.15) is 0 Å². The summed E-state index contributed by atoms with van der Waals surface area (Å²) >= 11 is 0. The second kappa shape index (κ2) is 19.7. The van der Waals surface area contributed by atoms with E-state index < -0.39 is 89.9 Å². The SMILES string of the molecule is CC(C)C[C@@H]1NC(=O)[C@H](Cc2c[nH]c3ccccc23)NC(=O)C(CCCN)NC(=O)C(CC(N)=O)NC(=O)C(C(C)C)NC(=O)[C@@H](CC(C)C)NC1=O. The van der Waals surface area contributed by atoms with E-state index in [1.807, 2.05) is 52.0 Å². The van der Waals surface area contributed by atoms with E-state index in [0.717, 1.165) is 10.9 Å². The van der Waals surface area contributed by atoms with E-state index in [1.165, 1.54) is 0 Å². The van der Waals surface area contributed by atoms with Gasteiger partial charge in [-0.3, -0.25) is 33.6 Å². The molecule has 7 amide bonds. The fraction of sp³-hybridized carbons (Fsp3) is 0.595. The molecular formula is C37H57N9O7. The standard InChI is InChI=1S/C37H57N9O7/c1-19(2)14-26-33(49)43-27(15-20(3)4)36(52)46-31(21(5)6)37(53)45-29(17-30(39)47)35(51)41-25(12-9-13-38)32(48)44-28(34(50)42-26)16-22-18-40-24-11-8-7-10-23(22)24/h7-8,10-11,18-21,25-29,31,40H,9,12-17,38H2,1-6H3,(H2,39,47)(H,41,51)(H,42,50)(H,43,49)(H,44,48)(H,45,53)(H,46,52)/t25?,26-,27+,28-,29?,31?/m0/s1. The van der Waals surface area contributed by atoms with Gasteiger partial charge in [0, 0.05) is 23.5 Å². The number of fused-ring (bicyclic) bond motifs is 1. The number of rotatable bonds is 12. The number of hydrogen-bond acceptors (Lipinski definition) is 8. The molecule has 6 atom stereocenters. The van der Waals surface area contributed by atoms with Crippen molar-refractivity contribution in [3.05, 3.63) is 36.0 Å². The first-order valence-corrected chi connectivity index (χ1v) is 18.4. The van der Waals surface area contributed by atoms with Crippen LogP contribution in [-0.2, 0) is 40.0 Å². The number of aromatic amines is 1. The minimum atomic E-state index is -1.50. The minimum Gasteiger partial charge on any atom is -0.370 e. The van der Waals surface area contributed by atoms with Gasteiger partial charge in [0.2, 0.25) is 41.4 Å². The van der Waals surface area contributed by atoms with Gasteiger partial charge >= 0.3 is 0 Å². The maximum Gasteiger partial charge on any atom is 0.243 e. The molecule has 1 aliphatic heterocycles. The van der Waals surface area contributed by atoms with E-state index in [9.17, 15) is 33.6 Å². The zero-order chi connectivity index (χ0) is 39.4. The minimum absolute atomic E-state index is 0.0183. The second-order valence-corrected chi connectivity index (χ2v) is 15.0. The molecule has 0 aliphatic carbocycles. The molecule has 0 spiro atoms. The number of carbonyl (C=O) groups excluding carboxylic acids is 7. The van der Waals surface area contributed by atoms with Crippen LogP contribution in [0.1, 0.15) is 79.2 Å². The van der Waals surface area contributed by atoms with Gasteiger partial charge in [0.15, 0.2) is 0 Å². The molecule has 11 N–H and O–H groups in total. The Morgan fingerprint density at radius 2 is 1.15 bits per heavy atom. The lowest BCUT2D eigenvalue weighted by atomic mass is 9.97. The molecular weight excluding hydrogens is 682 g/mol. The summed E-state index contributed by atoms with van der Waals surface area (Å²) in [6.45, 7) is 11.1. The van der Waals surface area contributed by atoms with Crippen LogP contribution in [0, 0.1) is 17.8 Å². The highest BCUT2D eigenvalue weighted by Gasteiger charge is 2.36. The van der Waals surface area contributed by atoms with Crippen molar-refractivity contribution in [2.45, 2.75) is 116 Å². The van der Waals surface area contributed by atoms with Gasteiger partial charge in [-0.1, -0.05) is 59.7 Å². The molecule has 1 fully saturated rings. The van der Waals surface area contributed by atoms with E-state index in [0.29, 0.717) is 12.0 Å². The van der Waals surface area contributed by atoms with Crippen molar-refractivity contribution in [3.63, 3.8) is 0 Å². The Kier molecular flexibility index (Phi) is 15.8. The number of nitrogens with two attached hydrogens (primary N) is 2. The number of primary amides is 1. The molecule has 2 aromatic rings. The molecule has 1 aromatic carbocycles. The summed E-state index contributed by atoms with van der Waals surface area (Å²) in [5, 5.41) is 17.1. The Labute approximate surface area is 310 Å². The largest absolute Gasteiger partial charge is 0.370 e. The second-order valence-electron chi connectivity index (χ2n) is 15.0. The van der Waals surface area contributed by atoms with Crippen LogP contribution < -0.4 is 43.4 Å². The third-order valence-corrected chi connectivity index (χ3v) is 9.03. The molecule has 0 radical (unpaired) electrons. The first-order chi connectivity index (χ1) is 25.0. The fourth-order valence-electron chi connectivity index (χ4n) is 6.28. The highest BCUT2D eigenvalue weighted by molar-refractivity contribution is 5.99. The van der Waals surface area contributed by atoms with Crippen molar-refractivity contribution in [1.29, 1.82) is 0 Å². The number of nitrogens with one attached hydrogen (secondary N) is 7. The molecule has 16 nitrogen and oxygen atoms in total. The first kappa shape index (κ1) is 42.4. The van der Waals surface area contributed by atoms with Crippen molar-refractivity contribution >= 4 is 52.3 Å². The summed E-state index contributed by atoms with van der Waals surface area (Å²) in [5.74, 6) is -5.74. The monoisotopic (exact) mass is 739 g/mol. The first-order valence-electron chi connectivity index (χ1n) is 18.4. The Hall–Kier alpha value is -4.99. The molecule has 16 heteroatoms. The molecule has 0 bridgehead atoms. The highest BCUT2D eigenvalue weighted by Crippen LogP contribution is 2.20. The predicted molar refractivity (Wildman–Crippen MR) is 199 cm³/mol. The predicted octanol–water partition coefficient (Wildman–Crippen LogP) is -0.00470. The number of carbonyl (C=O) groups is 7. The molecule has 0 saturated carbocycles. The summed E-state index contributed by atoms with van der Waals surface area (Å²) in [6.07, 6.45) is 1.95. The van der Waals surface area contributed by atoms with Crippen LogP contribution in [0.2, 0.25) is 0 Å². The molecule has 1 aromatic heterocycles. The van der Waals surface area contributed by atoms with Gasteiger partial charge in [-0.25, -0.2) is 0 Å². The summed E-state index contributed by atoms with van der Waals surface area (Å²) in [7, 11) is 0. The van der Waals surface area contributed by atoms with Gasteiger partial charge in [0.1, 0.15) is 36.3 Å². The Bertz CT molecular complexity index is 1620. The van der Waals surface area contributed by atoms with Crippen LogP contribution in [0.3, 0.4) is 0 Å². The number of hydrogen-bond donors (Lipinski definition) is 9. The lowest BCUT2D eigenvalue weighted by Crippen LogP contribution is -2.62. The molecule has 3 rings (SSSR count). The van der Waals surface area contributed by atoms with Crippen LogP contribution in [-0.4, -0.2) is 89.1 Å². The number of amides is 7. The molecule has 2 heterocycles. The zero-order valence-electron chi connectivity index (χ0n) is 31.5. The van der Waals surface area contributed by atoms with Crippen LogP contribution in [0.5, 0.6) is 0 Å². The van der Waals surface area contributed by atoms with Crippen molar-refractivity contribution in [1.82, 2.24) is 36.9 Å². The van der Waals surface area contributed by atoms with Gasteiger partial charge < -0.3 is 48.4 Å². The summed E-state index contributed by atoms with van der Waals surface area (Å²) < 4.78 is 0. The van der Waals surface area contributed by atoms with E-state index >= 15 is 0 Å². The summed E-state index contributed by atoms with van der Waals surface area (Å²) in [6, 6.07) is 0.146. The Balaban J connectivity index is 2.14. The average Bonchev–Trinajstić information content (AvgIpc) is 3.48. The zero-order valence-corrected chi connectivity index (χ0v) is 31.5. The van der Waals surface area contributed by atoms with Crippen LogP contribution in [0.15, 0.2) is 30.5 Å². The Morgan fingerprint density at radius 3 is 1.72 bits per heavy atom. The smallest absolute Gasteiger partial charge is 0.243 e. The third kappa shape index (κ3) is 12.6. The lowest BCUT2D eigenvalue weighted by Gasteiger charge is -2.30. The lowest BCUT2D eigenvalue weighted by molar-refractivity contribution is -0.137. The molecule has 3 unspecified atom stereocenters. The molecule has 292 valence electrons. The third-order valence-electron chi connectivity index (χ3n) is 9.03.